The number of esters is 1. The summed E-state index contributed by atoms with van der Waals surface area (Å²) in [7, 11) is 0. The second-order valence-corrected chi connectivity index (χ2v) is 6.05. The number of aliphatic hydroxyl groups is 1. The van der Waals surface area contributed by atoms with Crippen molar-refractivity contribution in [2.45, 2.75) is 50.4 Å². The number of carbonyl (C=O) groups is 1. The van der Waals surface area contributed by atoms with Gasteiger partial charge in [0.2, 0.25) is 0 Å². The summed E-state index contributed by atoms with van der Waals surface area (Å²) in [5.41, 5.74) is 0.356. The average molecular weight is 326 g/mol. The minimum absolute atomic E-state index is 0.356. The first-order valence-electron chi connectivity index (χ1n) is 7.43. The molecule has 2 aliphatic rings. The van der Waals surface area contributed by atoms with Crippen LogP contribution in [0.2, 0.25) is 0 Å². The number of hydrogen-bond acceptors (Lipinski definition) is 6. The van der Waals surface area contributed by atoms with Crippen LogP contribution in [0, 0.1) is 0 Å². The predicted molar refractivity (Wildman–Crippen MR) is 76.3 cm³/mol. The van der Waals surface area contributed by atoms with E-state index in [4.69, 9.17) is 18.9 Å². The molecule has 0 unspecified atom stereocenters. The van der Waals surface area contributed by atoms with Gasteiger partial charge in [-0.1, -0.05) is 18.2 Å². The van der Waals surface area contributed by atoms with Gasteiger partial charge in [-0.3, -0.25) is 0 Å². The molecule has 0 radical (unpaired) electrons. The standard InChI is InChI=1S/C16H19FO6/c1-16(2)22-13-11(17)12(21-15(13)23-16)10(18)8-20-14(19)9-6-4-3-5-7-9/h3-7,10-13,15,18H,8H2,1-2H3/t10-,11+,12+,13-,15-/m1/s1. The lowest BCUT2D eigenvalue weighted by Crippen LogP contribution is -2.41. The summed E-state index contributed by atoms with van der Waals surface area (Å²) in [6.45, 7) is 2.95. The van der Waals surface area contributed by atoms with Crippen LogP contribution in [0.1, 0.15) is 24.2 Å². The number of halogens is 1. The first kappa shape index (κ1) is 16.3. The maximum absolute atomic E-state index is 14.4. The molecule has 0 spiro atoms. The van der Waals surface area contributed by atoms with Crippen LogP contribution in [0.15, 0.2) is 30.3 Å². The summed E-state index contributed by atoms with van der Waals surface area (Å²) in [4.78, 5) is 11.8. The normalized spacial score (nSPS) is 33.2. The lowest BCUT2D eigenvalue weighted by atomic mass is 10.1. The molecular formula is C16H19FO6. The third-order valence-electron chi connectivity index (χ3n) is 3.78. The number of aliphatic hydroxyl groups excluding tert-OH is 1. The minimum Gasteiger partial charge on any atom is -0.459 e. The van der Waals surface area contributed by atoms with E-state index in [1.165, 1.54) is 0 Å². The van der Waals surface area contributed by atoms with E-state index in [1.807, 2.05) is 0 Å². The van der Waals surface area contributed by atoms with E-state index in [2.05, 4.69) is 0 Å². The number of benzene rings is 1. The number of rotatable bonds is 4. The highest BCUT2D eigenvalue weighted by Crippen LogP contribution is 2.39. The first-order valence-corrected chi connectivity index (χ1v) is 7.43. The lowest BCUT2D eigenvalue weighted by Gasteiger charge is -2.24. The molecule has 1 aromatic rings. The molecule has 0 amide bonds. The fourth-order valence-electron chi connectivity index (χ4n) is 2.71. The molecule has 3 rings (SSSR count). The highest BCUT2D eigenvalue weighted by atomic mass is 19.1. The van der Waals surface area contributed by atoms with E-state index in [1.54, 1.807) is 44.2 Å². The van der Waals surface area contributed by atoms with Gasteiger partial charge in [0.05, 0.1) is 5.56 Å². The Morgan fingerprint density at radius 2 is 2.04 bits per heavy atom. The highest BCUT2D eigenvalue weighted by molar-refractivity contribution is 5.89. The summed E-state index contributed by atoms with van der Waals surface area (Å²) in [6, 6.07) is 8.34. The second-order valence-electron chi connectivity index (χ2n) is 6.05. The van der Waals surface area contributed by atoms with Crippen LogP contribution in [0.25, 0.3) is 0 Å². The van der Waals surface area contributed by atoms with Gasteiger partial charge >= 0.3 is 5.97 Å². The van der Waals surface area contributed by atoms with Crippen LogP contribution in [0.5, 0.6) is 0 Å². The maximum atomic E-state index is 14.4. The monoisotopic (exact) mass is 326 g/mol. The molecule has 2 saturated heterocycles. The lowest BCUT2D eigenvalue weighted by molar-refractivity contribution is -0.222. The van der Waals surface area contributed by atoms with E-state index < -0.39 is 42.5 Å². The summed E-state index contributed by atoms with van der Waals surface area (Å²) in [5.74, 6) is -1.51. The van der Waals surface area contributed by atoms with E-state index in [9.17, 15) is 14.3 Å². The SMILES string of the molecule is CC1(C)O[C@H]2O[C@@H]([C@H](O)COC(=O)c3ccccc3)[C@H](F)[C@H]2O1. The first-order chi connectivity index (χ1) is 10.9. The molecule has 2 heterocycles. The third kappa shape index (κ3) is 3.37. The summed E-state index contributed by atoms with van der Waals surface area (Å²) >= 11 is 0. The number of fused-ring (bicyclic) bond motifs is 1. The van der Waals surface area contributed by atoms with Crippen molar-refractivity contribution in [3.8, 4) is 0 Å². The van der Waals surface area contributed by atoms with Crippen LogP contribution in [-0.4, -0.2) is 54.2 Å². The molecule has 2 aliphatic heterocycles. The van der Waals surface area contributed by atoms with Gasteiger partial charge in [-0.05, 0) is 26.0 Å². The third-order valence-corrected chi connectivity index (χ3v) is 3.78. The van der Waals surface area contributed by atoms with Crippen molar-refractivity contribution >= 4 is 5.97 Å². The van der Waals surface area contributed by atoms with Gasteiger partial charge in [0.1, 0.15) is 24.9 Å². The molecule has 0 aliphatic carbocycles. The number of alkyl halides is 1. The van der Waals surface area contributed by atoms with Crippen LogP contribution in [-0.2, 0) is 18.9 Å². The molecule has 0 saturated carbocycles. The molecule has 1 N–H and O–H groups in total. The van der Waals surface area contributed by atoms with Crippen molar-refractivity contribution in [3.05, 3.63) is 35.9 Å². The Kier molecular flexibility index (Phi) is 4.37. The maximum Gasteiger partial charge on any atom is 0.338 e. The summed E-state index contributed by atoms with van der Waals surface area (Å²) in [5, 5.41) is 10.0. The Bertz CT molecular complexity index is 563. The molecule has 1 aromatic carbocycles. The van der Waals surface area contributed by atoms with E-state index in [0.717, 1.165) is 0 Å². The summed E-state index contributed by atoms with van der Waals surface area (Å²) in [6.07, 6.45) is -5.80. The summed E-state index contributed by atoms with van der Waals surface area (Å²) < 4.78 is 35.6. The van der Waals surface area contributed by atoms with Gasteiger partial charge in [0, 0.05) is 0 Å². The van der Waals surface area contributed by atoms with Gasteiger partial charge in [0.25, 0.3) is 0 Å². The van der Waals surface area contributed by atoms with Gasteiger partial charge in [-0.25, -0.2) is 9.18 Å². The Labute approximate surface area is 133 Å². The molecule has 7 heteroatoms. The number of ether oxygens (including phenoxy) is 4. The van der Waals surface area contributed by atoms with Crippen molar-refractivity contribution < 1.29 is 33.2 Å². The van der Waals surface area contributed by atoms with E-state index >= 15 is 0 Å². The molecule has 0 bridgehead atoms. The molecule has 23 heavy (non-hydrogen) atoms. The fourth-order valence-corrected chi connectivity index (χ4v) is 2.71. The number of hydrogen-bond donors (Lipinski definition) is 1. The molecule has 6 nitrogen and oxygen atoms in total. The average Bonchev–Trinajstić information content (AvgIpc) is 2.99. The van der Waals surface area contributed by atoms with E-state index in [0.29, 0.717) is 5.56 Å². The van der Waals surface area contributed by atoms with Crippen LogP contribution >= 0.6 is 0 Å². The minimum atomic E-state index is -1.56. The van der Waals surface area contributed by atoms with Crippen molar-refractivity contribution in [3.63, 3.8) is 0 Å². The predicted octanol–water partition coefficient (Wildman–Crippen LogP) is 1.42. The van der Waals surface area contributed by atoms with Gasteiger partial charge in [-0.2, -0.15) is 0 Å². The molecule has 0 aromatic heterocycles. The Balaban J connectivity index is 1.54. The highest BCUT2D eigenvalue weighted by Gasteiger charge is 2.57. The van der Waals surface area contributed by atoms with Gasteiger partial charge < -0.3 is 24.1 Å². The van der Waals surface area contributed by atoms with Crippen LogP contribution < -0.4 is 0 Å². The molecule has 2 fully saturated rings. The van der Waals surface area contributed by atoms with E-state index in [-0.39, 0.29) is 6.61 Å². The zero-order chi connectivity index (χ0) is 16.6. The second kappa shape index (κ2) is 6.16. The van der Waals surface area contributed by atoms with Crippen LogP contribution in [0.3, 0.4) is 0 Å². The van der Waals surface area contributed by atoms with Crippen molar-refractivity contribution in [1.82, 2.24) is 0 Å². The molecular weight excluding hydrogens is 307 g/mol. The Hall–Kier alpha value is -1.54. The van der Waals surface area contributed by atoms with Crippen LogP contribution in [0.4, 0.5) is 4.39 Å². The number of carbonyl (C=O) groups excluding carboxylic acids is 1. The molecule has 5 atom stereocenters. The van der Waals surface area contributed by atoms with Gasteiger partial charge in [-0.15, -0.1) is 0 Å². The fraction of sp³-hybridized carbons (Fsp3) is 0.562. The Morgan fingerprint density at radius 3 is 2.70 bits per heavy atom. The zero-order valence-corrected chi connectivity index (χ0v) is 12.8. The molecule has 126 valence electrons. The van der Waals surface area contributed by atoms with Crippen molar-refractivity contribution in [2.24, 2.45) is 0 Å². The van der Waals surface area contributed by atoms with Crippen molar-refractivity contribution in [2.75, 3.05) is 6.61 Å². The quantitative estimate of drug-likeness (QED) is 0.844. The topological polar surface area (TPSA) is 74.2 Å². The van der Waals surface area contributed by atoms with Gasteiger partial charge in [0.15, 0.2) is 18.2 Å². The Morgan fingerprint density at radius 1 is 1.35 bits per heavy atom. The smallest absolute Gasteiger partial charge is 0.338 e. The zero-order valence-electron chi connectivity index (χ0n) is 12.8. The van der Waals surface area contributed by atoms with Crippen molar-refractivity contribution in [1.29, 1.82) is 0 Å². The largest absolute Gasteiger partial charge is 0.459 e.